The van der Waals surface area contributed by atoms with Crippen LogP contribution >= 0.6 is 11.6 Å². The van der Waals surface area contributed by atoms with Crippen molar-refractivity contribution in [2.75, 3.05) is 6.61 Å². The van der Waals surface area contributed by atoms with Crippen molar-refractivity contribution in [3.8, 4) is 22.9 Å². The lowest BCUT2D eigenvalue weighted by Crippen LogP contribution is -2.09. The fourth-order valence-electron chi connectivity index (χ4n) is 3.09. The predicted octanol–water partition coefficient (Wildman–Crippen LogP) is 4.95. The van der Waals surface area contributed by atoms with Gasteiger partial charge in [-0.3, -0.25) is 0 Å². The molecule has 0 bridgehead atoms. The van der Waals surface area contributed by atoms with Crippen molar-refractivity contribution in [1.82, 2.24) is 20.0 Å². The van der Waals surface area contributed by atoms with Gasteiger partial charge in [0.25, 0.3) is 0 Å². The Morgan fingerprint density at radius 2 is 1.81 bits per heavy atom. The molecule has 0 N–H and O–H groups in total. The van der Waals surface area contributed by atoms with Crippen molar-refractivity contribution in [2.45, 2.75) is 27.4 Å². The molecule has 0 radical (unpaired) electrons. The summed E-state index contributed by atoms with van der Waals surface area (Å²) in [7, 11) is 0. The number of hydrogen-bond acceptors (Lipinski definition) is 7. The summed E-state index contributed by atoms with van der Waals surface area (Å²) in [5.74, 6) is 1.20. The van der Waals surface area contributed by atoms with Gasteiger partial charge in [-0.15, -0.1) is 5.10 Å². The number of benzene rings is 2. The van der Waals surface area contributed by atoms with E-state index in [4.69, 9.17) is 25.5 Å². The van der Waals surface area contributed by atoms with E-state index in [0.717, 1.165) is 17.0 Å². The number of halogens is 1. The molecular weight excluding hydrogens is 432 g/mol. The molecule has 0 aliphatic rings. The van der Waals surface area contributed by atoms with Crippen LogP contribution in [-0.4, -0.2) is 32.6 Å². The monoisotopic (exact) mass is 452 g/mol. The number of esters is 1. The van der Waals surface area contributed by atoms with Crippen molar-refractivity contribution in [3.05, 3.63) is 76.4 Å². The highest BCUT2D eigenvalue weighted by Gasteiger charge is 2.20. The van der Waals surface area contributed by atoms with E-state index in [1.54, 1.807) is 42.8 Å². The quantitative estimate of drug-likeness (QED) is 0.366. The number of carbonyl (C=O) groups excluding carboxylic acids is 1. The predicted molar refractivity (Wildman–Crippen MR) is 118 cm³/mol. The summed E-state index contributed by atoms with van der Waals surface area (Å²) in [4.78, 5) is 17.1. The summed E-state index contributed by atoms with van der Waals surface area (Å²) >= 11 is 5.93. The van der Waals surface area contributed by atoms with E-state index < -0.39 is 5.97 Å². The highest BCUT2D eigenvalue weighted by molar-refractivity contribution is 6.30. The lowest BCUT2D eigenvalue weighted by Gasteiger charge is -2.04. The first-order valence-corrected chi connectivity index (χ1v) is 10.4. The maximum absolute atomic E-state index is 12.6. The first kappa shape index (κ1) is 21.6. The summed E-state index contributed by atoms with van der Waals surface area (Å²) in [6.07, 6.45) is 0. The summed E-state index contributed by atoms with van der Waals surface area (Å²) < 4.78 is 18.2. The Kier molecular flexibility index (Phi) is 6.23. The van der Waals surface area contributed by atoms with Gasteiger partial charge in [0, 0.05) is 10.6 Å². The Morgan fingerprint density at radius 3 is 2.50 bits per heavy atom. The molecular formula is C23H21ClN4O4. The van der Waals surface area contributed by atoms with E-state index >= 15 is 0 Å². The van der Waals surface area contributed by atoms with Gasteiger partial charge in [-0.1, -0.05) is 16.8 Å². The van der Waals surface area contributed by atoms with Crippen LogP contribution in [0.15, 0.2) is 52.9 Å². The lowest BCUT2D eigenvalue weighted by atomic mass is 10.2. The minimum atomic E-state index is -0.590. The topological polar surface area (TPSA) is 92.3 Å². The molecule has 0 atom stereocenters. The third-order valence-electron chi connectivity index (χ3n) is 4.80. The van der Waals surface area contributed by atoms with E-state index in [9.17, 15) is 4.79 Å². The molecule has 4 rings (SSSR count). The van der Waals surface area contributed by atoms with Crippen LogP contribution < -0.4 is 4.74 Å². The van der Waals surface area contributed by atoms with Crippen LogP contribution in [0.1, 0.15) is 34.6 Å². The molecule has 2 aromatic heterocycles. The fourth-order valence-corrected chi connectivity index (χ4v) is 3.22. The van der Waals surface area contributed by atoms with Gasteiger partial charge in [0.2, 0.25) is 5.89 Å². The average molecular weight is 453 g/mol. The molecule has 4 aromatic rings. The number of hydrogen-bond donors (Lipinski definition) is 0. The van der Waals surface area contributed by atoms with Crippen molar-refractivity contribution in [2.24, 2.45) is 0 Å². The van der Waals surface area contributed by atoms with Crippen LogP contribution in [0.4, 0.5) is 0 Å². The molecule has 164 valence electrons. The SMILES string of the molecule is CCOc1ccc(-c2nc(COC(=O)c3nnn(-c4ccc(Cl)cc4)c3C)c(C)o2)cc1. The highest BCUT2D eigenvalue weighted by atomic mass is 35.5. The van der Waals surface area contributed by atoms with E-state index in [1.165, 1.54) is 0 Å². The molecule has 8 nitrogen and oxygen atoms in total. The molecule has 0 amide bonds. The smallest absolute Gasteiger partial charge is 0.361 e. The van der Waals surface area contributed by atoms with Gasteiger partial charge >= 0.3 is 5.97 Å². The lowest BCUT2D eigenvalue weighted by molar-refractivity contribution is 0.0459. The third kappa shape index (κ3) is 4.50. The number of ether oxygens (including phenoxy) is 2. The summed E-state index contributed by atoms with van der Waals surface area (Å²) in [6, 6.07) is 14.5. The van der Waals surface area contributed by atoms with Crippen molar-refractivity contribution >= 4 is 17.6 Å². The minimum Gasteiger partial charge on any atom is -0.494 e. The molecule has 0 unspecified atom stereocenters. The normalized spacial score (nSPS) is 10.9. The Labute approximate surface area is 189 Å². The van der Waals surface area contributed by atoms with Gasteiger partial charge in [-0.25, -0.2) is 14.5 Å². The van der Waals surface area contributed by atoms with Crippen molar-refractivity contribution < 1.29 is 18.7 Å². The van der Waals surface area contributed by atoms with Crippen LogP contribution in [0.2, 0.25) is 5.02 Å². The Bertz CT molecular complexity index is 1230. The van der Waals surface area contributed by atoms with E-state index in [2.05, 4.69) is 15.3 Å². The van der Waals surface area contributed by atoms with Crippen molar-refractivity contribution in [1.29, 1.82) is 0 Å². The first-order chi connectivity index (χ1) is 15.5. The van der Waals surface area contributed by atoms with Gasteiger partial charge in [0.05, 0.1) is 18.0 Å². The Hall–Kier alpha value is -3.65. The van der Waals surface area contributed by atoms with Gasteiger partial charge in [0.1, 0.15) is 23.8 Å². The molecule has 0 spiro atoms. The number of carbonyl (C=O) groups is 1. The second kappa shape index (κ2) is 9.23. The molecule has 0 saturated carbocycles. The van der Waals surface area contributed by atoms with E-state index in [1.807, 2.05) is 31.2 Å². The van der Waals surface area contributed by atoms with Crippen molar-refractivity contribution in [3.63, 3.8) is 0 Å². The second-order valence-electron chi connectivity index (χ2n) is 6.97. The second-order valence-corrected chi connectivity index (χ2v) is 7.40. The number of aryl methyl sites for hydroxylation is 1. The average Bonchev–Trinajstić information content (AvgIpc) is 3.36. The molecule has 0 fully saturated rings. The Balaban J connectivity index is 1.45. The first-order valence-electron chi connectivity index (χ1n) is 10.0. The molecule has 0 aliphatic carbocycles. The fraction of sp³-hybridized carbons (Fsp3) is 0.217. The number of aromatic nitrogens is 4. The Morgan fingerprint density at radius 1 is 1.09 bits per heavy atom. The summed E-state index contributed by atoms with van der Waals surface area (Å²) in [6.45, 7) is 6.00. The number of oxazole rings is 1. The van der Waals surface area contributed by atoms with Gasteiger partial charge in [-0.05, 0) is 69.3 Å². The molecule has 0 saturated heterocycles. The molecule has 2 aromatic carbocycles. The molecule has 32 heavy (non-hydrogen) atoms. The number of rotatable bonds is 7. The zero-order valence-corrected chi connectivity index (χ0v) is 18.6. The standard InChI is InChI=1S/C23H21ClN4O4/c1-4-30-19-11-5-16(6-12-19)22-25-20(15(3)32-22)13-31-23(29)21-14(2)28(27-26-21)18-9-7-17(24)8-10-18/h5-12H,4,13H2,1-3H3. The zero-order valence-electron chi connectivity index (χ0n) is 17.8. The van der Waals surface area contributed by atoms with Crippen LogP contribution in [0.25, 0.3) is 17.1 Å². The van der Waals surface area contributed by atoms with E-state index in [0.29, 0.717) is 34.7 Å². The number of nitrogens with zero attached hydrogens (tertiary/aromatic N) is 4. The largest absolute Gasteiger partial charge is 0.494 e. The molecule has 2 heterocycles. The van der Waals surface area contributed by atoms with Gasteiger partial charge in [-0.2, -0.15) is 0 Å². The molecule has 9 heteroatoms. The minimum absolute atomic E-state index is 0.0432. The van der Waals surface area contributed by atoms with Crippen LogP contribution in [0, 0.1) is 13.8 Å². The summed E-state index contributed by atoms with van der Waals surface area (Å²) in [5.41, 5.74) is 2.77. The van der Waals surface area contributed by atoms with Crippen LogP contribution in [0.3, 0.4) is 0 Å². The maximum Gasteiger partial charge on any atom is 0.361 e. The van der Waals surface area contributed by atoms with Gasteiger partial charge < -0.3 is 13.9 Å². The van der Waals surface area contributed by atoms with Crippen LogP contribution in [-0.2, 0) is 11.3 Å². The summed E-state index contributed by atoms with van der Waals surface area (Å²) in [5, 5.41) is 8.64. The maximum atomic E-state index is 12.6. The molecule has 0 aliphatic heterocycles. The van der Waals surface area contributed by atoms with Crippen LogP contribution in [0.5, 0.6) is 5.75 Å². The van der Waals surface area contributed by atoms with Gasteiger partial charge in [0.15, 0.2) is 5.69 Å². The van der Waals surface area contributed by atoms with E-state index in [-0.39, 0.29) is 12.3 Å². The highest BCUT2D eigenvalue weighted by Crippen LogP contribution is 2.25. The third-order valence-corrected chi connectivity index (χ3v) is 5.06. The zero-order chi connectivity index (χ0) is 22.7.